The molecule has 0 N–H and O–H groups in total. The molecule has 0 saturated heterocycles. The van der Waals surface area contributed by atoms with Crippen LogP contribution in [0.3, 0.4) is 0 Å². The van der Waals surface area contributed by atoms with Gasteiger partial charge in [-0.05, 0) is 0 Å². The van der Waals surface area contributed by atoms with Gasteiger partial charge in [-0.2, -0.15) is 0 Å². The summed E-state index contributed by atoms with van der Waals surface area (Å²) < 4.78 is 4.03. The normalized spacial score (nSPS) is 5.50. The SMILES string of the molecule is O=C[O][U]. The zero-order valence-electron chi connectivity index (χ0n) is 1.89. The van der Waals surface area contributed by atoms with Crippen molar-refractivity contribution in [2.45, 2.75) is 0 Å². The van der Waals surface area contributed by atoms with Gasteiger partial charge in [-0.3, -0.25) is 0 Å². The van der Waals surface area contributed by atoms with Crippen LogP contribution in [-0.4, -0.2) is 6.47 Å². The molecule has 0 atom stereocenters. The van der Waals surface area contributed by atoms with Crippen molar-refractivity contribution < 1.29 is 37.0 Å². The molecule has 0 aromatic rings. The van der Waals surface area contributed by atoms with Crippen LogP contribution in [0, 0.1) is 29.9 Å². The molecule has 0 bridgehead atoms. The van der Waals surface area contributed by atoms with Crippen LogP contribution in [0.1, 0.15) is 0 Å². The summed E-state index contributed by atoms with van der Waals surface area (Å²) in [6.45, 7) is 0.450. The van der Waals surface area contributed by atoms with Gasteiger partial charge >= 0.3 is 43.4 Å². The molecule has 0 amide bonds. The van der Waals surface area contributed by atoms with Gasteiger partial charge in [0.1, 0.15) is 0 Å². The Hall–Kier alpha value is 0.522. The Kier molecular flexibility index (Phi) is 3.98. The van der Waals surface area contributed by atoms with E-state index in [1.54, 1.807) is 0 Å². The van der Waals surface area contributed by atoms with Gasteiger partial charge in [0, 0.05) is 0 Å². The van der Waals surface area contributed by atoms with E-state index in [-0.39, 0.29) is 0 Å². The van der Waals surface area contributed by atoms with Gasteiger partial charge in [0.2, 0.25) is 0 Å². The zero-order chi connectivity index (χ0) is 3.41. The second kappa shape index (κ2) is 3.52. The van der Waals surface area contributed by atoms with Crippen molar-refractivity contribution in [2.24, 2.45) is 0 Å². The van der Waals surface area contributed by atoms with Crippen LogP contribution in [0.4, 0.5) is 0 Å². The molecule has 0 rings (SSSR count). The third-order valence-electron chi connectivity index (χ3n) is 0.0481. The van der Waals surface area contributed by atoms with Crippen molar-refractivity contribution in [3.63, 3.8) is 0 Å². The fraction of sp³-hybridized carbons (Fsp3) is 0. The maximum atomic E-state index is 8.99. The van der Waals surface area contributed by atoms with E-state index in [0.717, 1.165) is 0 Å². The van der Waals surface area contributed by atoms with Crippen molar-refractivity contribution >= 4 is 6.47 Å². The van der Waals surface area contributed by atoms with Crippen LogP contribution in [0.25, 0.3) is 0 Å². The molecular weight excluding hydrogens is 282 g/mol. The number of carbonyl (C=O) groups excluding carboxylic acids is 1. The second-order valence-corrected chi connectivity index (χ2v) is 1.20. The molecule has 0 aliphatic heterocycles. The summed E-state index contributed by atoms with van der Waals surface area (Å²) in [5.41, 5.74) is 0. The molecule has 0 aromatic carbocycles. The minimum absolute atomic E-state index is 0.354. The molecule has 0 radical (unpaired) electrons. The van der Waals surface area contributed by atoms with E-state index in [2.05, 4.69) is 2.24 Å². The first-order valence-electron chi connectivity index (χ1n) is 0.676. The minimum atomic E-state index is 0.354. The Labute approximate surface area is 43.5 Å². The average molecular weight is 283 g/mol. The van der Waals surface area contributed by atoms with Crippen LogP contribution in [0.2, 0.25) is 0 Å². The fourth-order valence-electron chi connectivity index (χ4n) is 0. The molecule has 0 aliphatic rings. The molecule has 0 aromatic heterocycles. The molecule has 0 unspecified atom stereocenters. The summed E-state index contributed by atoms with van der Waals surface area (Å²) in [7, 11) is 0. The standard InChI is InChI=1S/CH2O2.U/c2-1-3;/h1H,(H,2,3);/q;+1/p-1. The zero-order valence-corrected chi connectivity index (χ0v) is 6.06. The van der Waals surface area contributed by atoms with Gasteiger partial charge in [0.15, 0.2) is 0 Å². The van der Waals surface area contributed by atoms with Crippen molar-refractivity contribution in [2.75, 3.05) is 0 Å². The predicted octanol–water partition coefficient (Wildman–Crippen LogP) is -0.376. The Morgan fingerprint density at radius 3 is 2.25 bits per heavy atom. The van der Waals surface area contributed by atoms with Gasteiger partial charge < -0.3 is 0 Å². The molecule has 3 heteroatoms. The first-order valence-corrected chi connectivity index (χ1v) is 2.38. The summed E-state index contributed by atoms with van der Waals surface area (Å²) in [5.74, 6) is 0. The summed E-state index contributed by atoms with van der Waals surface area (Å²) >= 11 is 0.354. The molecule has 0 spiro atoms. The Bertz CT molecular complexity index is 20.0. The third-order valence-corrected chi connectivity index (χ3v) is 0.449. The maximum absolute atomic E-state index is 8.99. The molecule has 21 valence electrons. The Morgan fingerprint density at radius 2 is 2.25 bits per heavy atom. The van der Waals surface area contributed by atoms with E-state index in [1.807, 2.05) is 0 Å². The van der Waals surface area contributed by atoms with E-state index >= 15 is 0 Å². The Balaban J connectivity index is 2.30. The van der Waals surface area contributed by atoms with Crippen molar-refractivity contribution in [3.8, 4) is 0 Å². The van der Waals surface area contributed by atoms with E-state index in [1.165, 1.54) is 0 Å². The van der Waals surface area contributed by atoms with Crippen molar-refractivity contribution in [3.05, 3.63) is 0 Å². The van der Waals surface area contributed by atoms with Crippen LogP contribution >= 0.6 is 0 Å². The van der Waals surface area contributed by atoms with Crippen LogP contribution in [0.15, 0.2) is 0 Å². The first kappa shape index (κ1) is 4.52. The summed E-state index contributed by atoms with van der Waals surface area (Å²) in [5, 5.41) is 0. The van der Waals surface area contributed by atoms with E-state index in [4.69, 9.17) is 4.79 Å². The van der Waals surface area contributed by atoms with E-state index < -0.39 is 0 Å². The van der Waals surface area contributed by atoms with Crippen LogP contribution in [0.5, 0.6) is 0 Å². The van der Waals surface area contributed by atoms with E-state index in [0.29, 0.717) is 36.4 Å². The molecule has 0 saturated carbocycles. The second-order valence-electron chi connectivity index (χ2n) is 0.214. The topological polar surface area (TPSA) is 26.3 Å². The molecule has 4 heavy (non-hydrogen) atoms. The third kappa shape index (κ3) is 2.52. The van der Waals surface area contributed by atoms with Gasteiger partial charge in [-0.25, -0.2) is 0 Å². The fourth-order valence-corrected chi connectivity index (χ4v) is 0. The van der Waals surface area contributed by atoms with Gasteiger partial charge in [-0.15, -0.1) is 0 Å². The van der Waals surface area contributed by atoms with Crippen LogP contribution in [-0.2, 0) is 7.04 Å². The summed E-state index contributed by atoms with van der Waals surface area (Å²) in [4.78, 5) is 8.99. The number of hydrogen-bond donors (Lipinski definition) is 0. The predicted molar refractivity (Wildman–Crippen MR) is 7.15 cm³/mol. The first-order chi connectivity index (χ1) is 1.91. The molecule has 0 fully saturated rings. The number of rotatable bonds is 1. The van der Waals surface area contributed by atoms with Gasteiger partial charge in [0.05, 0.1) is 0 Å². The summed E-state index contributed by atoms with van der Waals surface area (Å²) in [6, 6.07) is 0. The van der Waals surface area contributed by atoms with Crippen molar-refractivity contribution in [1.29, 1.82) is 0 Å². The Morgan fingerprint density at radius 1 is 2.00 bits per heavy atom. The molecule has 0 aliphatic carbocycles. The number of hydrogen-bond acceptors (Lipinski definition) is 2. The average Bonchev–Trinajstić information content (AvgIpc) is 1.37. The van der Waals surface area contributed by atoms with Gasteiger partial charge in [0.25, 0.3) is 0 Å². The van der Waals surface area contributed by atoms with Gasteiger partial charge in [-0.1, -0.05) is 0 Å². The molecular formula is CHO2U. The summed E-state index contributed by atoms with van der Waals surface area (Å²) in [6.07, 6.45) is 0. The molecule has 0 heterocycles. The van der Waals surface area contributed by atoms with Crippen molar-refractivity contribution in [1.82, 2.24) is 0 Å². The quantitative estimate of drug-likeness (QED) is 0.613. The van der Waals surface area contributed by atoms with E-state index in [9.17, 15) is 0 Å². The molecule has 2 nitrogen and oxygen atoms in total. The monoisotopic (exact) mass is 283 g/mol. The number of carbonyl (C=O) groups is 1. The van der Waals surface area contributed by atoms with Crippen LogP contribution < -0.4 is 0 Å².